The van der Waals surface area contributed by atoms with Gasteiger partial charge in [-0.3, -0.25) is 24.2 Å². The number of carbonyl (C=O) groups is 4. The number of likely N-dealkylation sites (tertiary alicyclic amines) is 1. The number of rotatable bonds is 6. The van der Waals surface area contributed by atoms with E-state index in [1.165, 1.54) is 4.90 Å². The first-order chi connectivity index (χ1) is 15.9. The third-order valence-corrected chi connectivity index (χ3v) is 6.25. The van der Waals surface area contributed by atoms with Crippen LogP contribution in [0, 0.1) is 11.3 Å². The summed E-state index contributed by atoms with van der Waals surface area (Å²) in [6.45, 7) is 0.533. The minimum atomic E-state index is -1.55. The van der Waals surface area contributed by atoms with E-state index in [-0.39, 0.29) is 13.1 Å². The highest BCUT2D eigenvalue weighted by molar-refractivity contribution is 6.21. The highest BCUT2D eigenvalue weighted by Gasteiger charge is 2.54. The molecule has 2 aromatic rings. The lowest BCUT2D eigenvalue weighted by atomic mass is 9.68. The lowest BCUT2D eigenvalue weighted by Crippen LogP contribution is -2.62. The van der Waals surface area contributed by atoms with Crippen molar-refractivity contribution in [3.63, 3.8) is 0 Å². The zero-order valence-corrected chi connectivity index (χ0v) is 18.0. The van der Waals surface area contributed by atoms with Crippen molar-refractivity contribution in [3.05, 3.63) is 54.2 Å². The summed E-state index contributed by atoms with van der Waals surface area (Å²) in [7, 11) is 0. The van der Waals surface area contributed by atoms with Crippen molar-refractivity contribution in [2.75, 3.05) is 26.3 Å². The van der Waals surface area contributed by atoms with Gasteiger partial charge in [0.1, 0.15) is 6.54 Å². The second-order valence-corrected chi connectivity index (χ2v) is 8.41. The monoisotopic (exact) mass is 451 g/mol. The molecule has 2 aliphatic heterocycles. The summed E-state index contributed by atoms with van der Waals surface area (Å²) in [6.07, 6.45) is 2.55. The molecule has 1 aromatic carbocycles. The molecule has 1 atom stereocenters. The molecule has 1 spiro atoms. The number of aliphatic carboxylic acids is 1. The number of ketones is 1. The first-order valence-corrected chi connectivity index (χ1v) is 10.8. The Balaban J connectivity index is 1.57. The highest BCUT2D eigenvalue weighted by Crippen LogP contribution is 2.39. The molecule has 172 valence electrons. The van der Waals surface area contributed by atoms with E-state index in [0.717, 1.165) is 16.8 Å². The summed E-state index contributed by atoms with van der Waals surface area (Å²) in [5, 5.41) is 11.1. The Morgan fingerprint density at radius 3 is 2.48 bits per heavy atom. The number of pyridine rings is 1. The molecule has 2 aliphatic rings. The van der Waals surface area contributed by atoms with Gasteiger partial charge in [0.2, 0.25) is 11.8 Å². The van der Waals surface area contributed by atoms with Crippen LogP contribution in [0.2, 0.25) is 0 Å². The number of benzene rings is 1. The van der Waals surface area contributed by atoms with E-state index < -0.39 is 41.4 Å². The van der Waals surface area contributed by atoms with Crippen molar-refractivity contribution in [2.45, 2.75) is 19.4 Å². The van der Waals surface area contributed by atoms with Gasteiger partial charge in [0, 0.05) is 38.1 Å². The molecule has 9 nitrogen and oxygen atoms in total. The molecule has 0 aliphatic carbocycles. The standard InChI is InChI=1S/C24H25N3O6/c28-19(29)13-26-22(31)20-21(30)24(8-11-33-12-9-24)15-27(23(20)32)14-16-4-6-17(7-5-16)18-3-1-2-10-25-18/h1-7,10,20H,8-9,11-15H2,(H,26,31)(H,28,29). The topological polar surface area (TPSA) is 126 Å². The maximum absolute atomic E-state index is 13.3. The molecular formula is C24H25N3O6. The summed E-state index contributed by atoms with van der Waals surface area (Å²) in [4.78, 5) is 55.9. The molecule has 2 fully saturated rings. The van der Waals surface area contributed by atoms with E-state index in [0.29, 0.717) is 26.1 Å². The van der Waals surface area contributed by atoms with Crippen LogP contribution in [0.3, 0.4) is 0 Å². The van der Waals surface area contributed by atoms with Crippen molar-refractivity contribution in [2.24, 2.45) is 11.3 Å². The minimum absolute atomic E-state index is 0.207. The normalized spacial score (nSPS) is 20.0. The molecule has 2 N–H and O–H groups in total. The van der Waals surface area contributed by atoms with Crippen LogP contribution in [0.25, 0.3) is 11.3 Å². The number of carbonyl (C=O) groups excluding carboxylic acids is 3. The lowest BCUT2D eigenvalue weighted by Gasteiger charge is -2.45. The fourth-order valence-electron chi connectivity index (χ4n) is 4.45. The number of carboxylic acids is 1. The van der Waals surface area contributed by atoms with Crippen molar-refractivity contribution >= 4 is 23.6 Å². The van der Waals surface area contributed by atoms with Gasteiger partial charge in [-0.1, -0.05) is 30.3 Å². The molecule has 3 heterocycles. The molecule has 0 radical (unpaired) electrons. The third kappa shape index (κ3) is 4.78. The van der Waals surface area contributed by atoms with Crippen molar-refractivity contribution < 1.29 is 29.0 Å². The van der Waals surface area contributed by atoms with Crippen LogP contribution >= 0.6 is 0 Å². The Kier molecular flexibility index (Phi) is 6.50. The third-order valence-electron chi connectivity index (χ3n) is 6.25. The van der Waals surface area contributed by atoms with E-state index in [9.17, 15) is 19.2 Å². The van der Waals surface area contributed by atoms with Gasteiger partial charge in [0.15, 0.2) is 11.7 Å². The van der Waals surface area contributed by atoms with E-state index in [4.69, 9.17) is 9.84 Å². The first-order valence-electron chi connectivity index (χ1n) is 10.8. The average Bonchev–Trinajstić information content (AvgIpc) is 2.83. The van der Waals surface area contributed by atoms with Gasteiger partial charge in [-0.25, -0.2) is 0 Å². The van der Waals surface area contributed by atoms with Crippen LogP contribution in [-0.2, 0) is 30.5 Å². The summed E-state index contributed by atoms with van der Waals surface area (Å²) >= 11 is 0. The molecule has 0 saturated carbocycles. The number of nitrogens with one attached hydrogen (secondary N) is 1. The van der Waals surface area contributed by atoms with E-state index in [1.54, 1.807) is 6.20 Å². The number of piperidine rings is 1. The van der Waals surface area contributed by atoms with Crippen LogP contribution in [0.4, 0.5) is 0 Å². The Labute approximate surface area is 190 Å². The molecule has 1 aromatic heterocycles. The van der Waals surface area contributed by atoms with Crippen molar-refractivity contribution in [1.29, 1.82) is 0 Å². The molecule has 2 amide bonds. The quantitative estimate of drug-likeness (QED) is 0.634. The average molecular weight is 451 g/mol. The number of amides is 2. The molecule has 33 heavy (non-hydrogen) atoms. The van der Waals surface area contributed by atoms with Gasteiger partial charge in [-0.15, -0.1) is 0 Å². The Morgan fingerprint density at radius 1 is 1.12 bits per heavy atom. The Bertz CT molecular complexity index is 1050. The number of hydrogen-bond acceptors (Lipinski definition) is 6. The van der Waals surface area contributed by atoms with Gasteiger partial charge < -0.3 is 20.1 Å². The predicted octanol–water partition coefficient (Wildman–Crippen LogP) is 1.27. The van der Waals surface area contributed by atoms with E-state index >= 15 is 0 Å². The molecule has 9 heteroatoms. The number of Topliss-reactive ketones (excluding diaryl/α,β-unsaturated/α-hetero) is 1. The van der Waals surface area contributed by atoms with Crippen LogP contribution in [0.15, 0.2) is 48.7 Å². The summed E-state index contributed by atoms with van der Waals surface area (Å²) in [6, 6.07) is 13.3. The van der Waals surface area contributed by atoms with E-state index in [1.807, 2.05) is 42.5 Å². The maximum Gasteiger partial charge on any atom is 0.322 e. The van der Waals surface area contributed by atoms with E-state index in [2.05, 4.69) is 10.3 Å². The summed E-state index contributed by atoms with van der Waals surface area (Å²) in [5.41, 5.74) is 1.75. The second kappa shape index (κ2) is 9.50. The highest BCUT2D eigenvalue weighted by atomic mass is 16.5. The molecule has 1 unspecified atom stereocenters. The van der Waals surface area contributed by atoms with Crippen molar-refractivity contribution in [3.8, 4) is 11.3 Å². The summed E-state index contributed by atoms with van der Waals surface area (Å²) in [5.74, 6) is -4.71. The zero-order chi connectivity index (χ0) is 23.4. The van der Waals surface area contributed by atoms with Gasteiger partial charge in [0.25, 0.3) is 0 Å². The number of aromatic nitrogens is 1. The van der Waals surface area contributed by atoms with Crippen LogP contribution in [-0.4, -0.2) is 64.9 Å². The first kappa shape index (κ1) is 22.6. The Hall–Kier alpha value is -3.59. The smallest absolute Gasteiger partial charge is 0.322 e. The van der Waals surface area contributed by atoms with Gasteiger partial charge in [-0.05, 0) is 30.5 Å². The van der Waals surface area contributed by atoms with Crippen molar-refractivity contribution in [1.82, 2.24) is 15.2 Å². The lowest BCUT2D eigenvalue weighted by molar-refractivity contribution is -0.164. The summed E-state index contributed by atoms with van der Waals surface area (Å²) < 4.78 is 5.42. The SMILES string of the molecule is O=C(O)CNC(=O)C1C(=O)N(Cc2ccc(-c3ccccn3)cc2)CC2(CCOCC2)C1=O. The molecular weight excluding hydrogens is 426 g/mol. The zero-order valence-electron chi connectivity index (χ0n) is 18.0. The largest absolute Gasteiger partial charge is 0.480 e. The molecule has 0 bridgehead atoms. The molecule has 2 saturated heterocycles. The van der Waals surface area contributed by atoms with Crippen LogP contribution in [0.5, 0.6) is 0 Å². The van der Waals surface area contributed by atoms with Gasteiger partial charge >= 0.3 is 5.97 Å². The maximum atomic E-state index is 13.3. The number of hydrogen-bond donors (Lipinski definition) is 2. The fourth-order valence-corrected chi connectivity index (χ4v) is 4.45. The molecule has 4 rings (SSSR count). The Morgan fingerprint density at radius 2 is 1.85 bits per heavy atom. The number of nitrogens with zero attached hydrogens (tertiary/aromatic N) is 2. The number of carboxylic acid groups (broad SMARTS) is 1. The minimum Gasteiger partial charge on any atom is -0.480 e. The van der Waals surface area contributed by atoms with Gasteiger partial charge in [0.05, 0.1) is 11.1 Å². The van der Waals surface area contributed by atoms with Crippen LogP contribution in [0.1, 0.15) is 18.4 Å². The van der Waals surface area contributed by atoms with Gasteiger partial charge in [-0.2, -0.15) is 0 Å². The van der Waals surface area contributed by atoms with Crippen LogP contribution < -0.4 is 5.32 Å². The predicted molar refractivity (Wildman–Crippen MR) is 117 cm³/mol. The fraction of sp³-hybridized carbons (Fsp3) is 0.375. The second-order valence-electron chi connectivity index (χ2n) is 8.41. The number of ether oxygens (including phenoxy) is 1.